The van der Waals surface area contributed by atoms with Crippen molar-refractivity contribution in [3.8, 4) is 0 Å². The summed E-state index contributed by atoms with van der Waals surface area (Å²) in [6.07, 6.45) is 0. The average molecular weight is 216 g/mol. The number of rotatable bonds is 5. The molecular weight excluding hydrogens is 204 g/mol. The Morgan fingerprint density at radius 1 is 1.31 bits per heavy atom. The first-order chi connectivity index (χ1) is 6.29. The van der Waals surface area contributed by atoms with E-state index in [1.807, 2.05) is 18.2 Å². The minimum Gasteiger partial charge on any atom is -0.306 e. The van der Waals surface area contributed by atoms with Crippen molar-refractivity contribution in [2.24, 2.45) is 0 Å². The standard InChI is InChI=1S/C9H12O2S2/c10-13(11)7-6-12-8-9-4-2-1-3-5-9/h1-5H,6-8H2,(H,10,11). The first kappa shape index (κ1) is 10.8. The fourth-order valence-electron chi connectivity index (χ4n) is 0.894. The van der Waals surface area contributed by atoms with E-state index in [9.17, 15) is 4.21 Å². The smallest absolute Gasteiger partial charge is 0.153 e. The topological polar surface area (TPSA) is 37.3 Å². The summed E-state index contributed by atoms with van der Waals surface area (Å²) in [7, 11) is 0. The van der Waals surface area contributed by atoms with Crippen LogP contribution in [0, 0.1) is 0 Å². The molecule has 1 aromatic carbocycles. The zero-order valence-corrected chi connectivity index (χ0v) is 8.81. The second-order valence-corrected chi connectivity index (χ2v) is 4.72. The molecule has 1 aromatic rings. The van der Waals surface area contributed by atoms with Gasteiger partial charge >= 0.3 is 0 Å². The van der Waals surface area contributed by atoms with Crippen LogP contribution in [0.4, 0.5) is 0 Å². The van der Waals surface area contributed by atoms with E-state index in [-0.39, 0.29) is 0 Å². The van der Waals surface area contributed by atoms with E-state index in [0.29, 0.717) is 5.75 Å². The first-order valence-corrected chi connectivity index (χ1v) is 6.41. The van der Waals surface area contributed by atoms with Crippen LogP contribution in [0.15, 0.2) is 30.3 Å². The lowest BCUT2D eigenvalue weighted by molar-refractivity contribution is 0.566. The van der Waals surface area contributed by atoms with Gasteiger partial charge in [0.2, 0.25) is 0 Å². The van der Waals surface area contributed by atoms with E-state index in [2.05, 4.69) is 12.1 Å². The Labute approximate surface area is 85.0 Å². The van der Waals surface area contributed by atoms with Gasteiger partial charge in [0.05, 0.1) is 5.75 Å². The maximum absolute atomic E-state index is 10.3. The quantitative estimate of drug-likeness (QED) is 0.605. The van der Waals surface area contributed by atoms with Gasteiger partial charge in [-0.05, 0) is 5.56 Å². The van der Waals surface area contributed by atoms with Crippen LogP contribution in [0.25, 0.3) is 0 Å². The summed E-state index contributed by atoms with van der Waals surface area (Å²) in [5.41, 5.74) is 1.26. The Morgan fingerprint density at radius 2 is 2.00 bits per heavy atom. The Morgan fingerprint density at radius 3 is 2.62 bits per heavy atom. The minimum absolute atomic E-state index is 0.359. The molecule has 72 valence electrons. The second-order valence-electron chi connectivity index (χ2n) is 2.56. The van der Waals surface area contributed by atoms with Crippen LogP contribution in [0.2, 0.25) is 0 Å². The van der Waals surface area contributed by atoms with Gasteiger partial charge in [-0.15, -0.1) is 0 Å². The zero-order chi connectivity index (χ0) is 9.52. The molecule has 0 saturated heterocycles. The summed E-state index contributed by atoms with van der Waals surface area (Å²) in [5.74, 6) is 2.01. The molecule has 0 radical (unpaired) electrons. The van der Waals surface area contributed by atoms with E-state index in [1.165, 1.54) is 5.56 Å². The molecule has 1 unspecified atom stereocenters. The SMILES string of the molecule is O=S(O)CCSCc1ccccc1. The molecule has 0 spiro atoms. The molecule has 0 bridgehead atoms. The molecule has 1 rings (SSSR count). The summed E-state index contributed by atoms with van der Waals surface area (Å²) in [5, 5.41) is 0. The van der Waals surface area contributed by atoms with Crippen molar-refractivity contribution in [3.63, 3.8) is 0 Å². The van der Waals surface area contributed by atoms with Crippen LogP contribution >= 0.6 is 11.8 Å². The van der Waals surface area contributed by atoms with Gasteiger partial charge in [0, 0.05) is 11.5 Å². The normalized spacial score (nSPS) is 12.7. The molecular formula is C9H12O2S2. The van der Waals surface area contributed by atoms with Crippen LogP contribution in [0.3, 0.4) is 0 Å². The second kappa shape index (κ2) is 6.18. The average Bonchev–Trinajstić information content (AvgIpc) is 2.14. The molecule has 1 N–H and O–H groups in total. The highest BCUT2D eigenvalue weighted by Crippen LogP contribution is 2.11. The summed E-state index contributed by atoms with van der Waals surface area (Å²) in [6.45, 7) is 0. The number of thioether (sulfide) groups is 1. The van der Waals surface area contributed by atoms with E-state index < -0.39 is 11.1 Å². The van der Waals surface area contributed by atoms with Crippen LogP contribution in [0.1, 0.15) is 5.56 Å². The molecule has 0 saturated carbocycles. The van der Waals surface area contributed by atoms with Crippen molar-refractivity contribution in [2.45, 2.75) is 5.75 Å². The highest BCUT2D eigenvalue weighted by molar-refractivity contribution is 7.99. The molecule has 0 aliphatic heterocycles. The summed E-state index contributed by atoms with van der Waals surface area (Å²) < 4.78 is 18.8. The van der Waals surface area contributed by atoms with Crippen molar-refractivity contribution in [3.05, 3.63) is 35.9 Å². The monoisotopic (exact) mass is 216 g/mol. The third-order valence-corrected chi connectivity index (χ3v) is 3.36. The van der Waals surface area contributed by atoms with E-state index >= 15 is 0 Å². The summed E-state index contributed by atoms with van der Waals surface area (Å²) in [6, 6.07) is 10.1. The van der Waals surface area contributed by atoms with Gasteiger partial charge in [-0.3, -0.25) is 0 Å². The van der Waals surface area contributed by atoms with Gasteiger partial charge in [-0.25, -0.2) is 4.21 Å². The van der Waals surface area contributed by atoms with Crippen LogP contribution in [-0.2, 0) is 16.8 Å². The predicted molar refractivity (Wildman–Crippen MR) is 58.2 cm³/mol. The third kappa shape index (κ3) is 5.08. The highest BCUT2D eigenvalue weighted by atomic mass is 32.2. The highest BCUT2D eigenvalue weighted by Gasteiger charge is 1.95. The molecule has 0 heterocycles. The maximum atomic E-state index is 10.3. The summed E-state index contributed by atoms with van der Waals surface area (Å²) >= 11 is 0.0373. The van der Waals surface area contributed by atoms with Gasteiger partial charge in [0.1, 0.15) is 0 Å². The van der Waals surface area contributed by atoms with Gasteiger partial charge in [-0.2, -0.15) is 11.8 Å². The van der Waals surface area contributed by atoms with Gasteiger partial charge < -0.3 is 4.55 Å². The van der Waals surface area contributed by atoms with E-state index in [4.69, 9.17) is 4.55 Å². The molecule has 13 heavy (non-hydrogen) atoms. The number of hydrogen-bond acceptors (Lipinski definition) is 2. The summed E-state index contributed by atoms with van der Waals surface area (Å²) in [4.78, 5) is 0. The van der Waals surface area contributed by atoms with Crippen LogP contribution in [0.5, 0.6) is 0 Å². The Hall–Kier alpha value is -0.320. The van der Waals surface area contributed by atoms with Gasteiger partial charge in [0.15, 0.2) is 11.1 Å². The van der Waals surface area contributed by atoms with Crippen molar-refractivity contribution < 1.29 is 8.76 Å². The van der Waals surface area contributed by atoms with Crippen molar-refractivity contribution in [2.75, 3.05) is 11.5 Å². The molecule has 0 aliphatic rings. The van der Waals surface area contributed by atoms with Gasteiger partial charge in [-0.1, -0.05) is 30.3 Å². The first-order valence-electron chi connectivity index (χ1n) is 3.98. The fraction of sp³-hybridized carbons (Fsp3) is 0.333. The zero-order valence-electron chi connectivity index (χ0n) is 7.18. The Balaban J connectivity index is 2.17. The number of benzene rings is 1. The van der Waals surface area contributed by atoms with E-state index in [0.717, 1.165) is 11.5 Å². The largest absolute Gasteiger partial charge is 0.306 e. The van der Waals surface area contributed by atoms with Gasteiger partial charge in [0.25, 0.3) is 0 Å². The van der Waals surface area contributed by atoms with Crippen molar-refractivity contribution >= 4 is 22.8 Å². The molecule has 1 atom stereocenters. The fourth-order valence-corrected chi connectivity index (χ4v) is 2.51. The lowest BCUT2D eigenvalue weighted by Gasteiger charge is -1.99. The number of hydrogen-bond donors (Lipinski definition) is 1. The third-order valence-electron chi connectivity index (χ3n) is 1.51. The lowest BCUT2D eigenvalue weighted by Crippen LogP contribution is -1.97. The molecule has 0 amide bonds. The van der Waals surface area contributed by atoms with Crippen LogP contribution < -0.4 is 0 Å². The molecule has 0 fully saturated rings. The van der Waals surface area contributed by atoms with Crippen molar-refractivity contribution in [1.82, 2.24) is 0 Å². The minimum atomic E-state index is -1.64. The van der Waals surface area contributed by atoms with Crippen molar-refractivity contribution in [1.29, 1.82) is 0 Å². The lowest BCUT2D eigenvalue weighted by atomic mass is 10.2. The predicted octanol–water partition coefficient (Wildman–Crippen LogP) is 2.14. The molecule has 0 aliphatic carbocycles. The Bertz CT molecular complexity index is 262. The molecule has 4 heteroatoms. The Kier molecular flexibility index (Phi) is 5.12. The van der Waals surface area contributed by atoms with E-state index in [1.54, 1.807) is 11.8 Å². The van der Waals surface area contributed by atoms with Crippen LogP contribution in [-0.4, -0.2) is 20.3 Å². The molecule has 0 aromatic heterocycles. The molecule has 2 nitrogen and oxygen atoms in total. The maximum Gasteiger partial charge on any atom is 0.153 e.